The summed E-state index contributed by atoms with van der Waals surface area (Å²) < 4.78 is 17.1. The van der Waals surface area contributed by atoms with Gasteiger partial charge in [0.25, 0.3) is 0 Å². The highest BCUT2D eigenvalue weighted by Crippen LogP contribution is 2.34. The van der Waals surface area contributed by atoms with Gasteiger partial charge in [-0.2, -0.15) is 0 Å². The standard InChI is InChI=1S/C23H29ClFN7/c1-14(2)31-9-5-16(6-10-31)27-22-26-13-17(24)20(28-22)15-11-18(25)21-19(12-15)32-8-4-7-30(3)23(32)29-21/h11-14,16H,4-10H2,1-3H3,(H,26,27,28). The summed E-state index contributed by atoms with van der Waals surface area (Å²) in [6, 6.07) is 4.29. The molecule has 0 aliphatic carbocycles. The third-order valence-electron chi connectivity index (χ3n) is 6.61. The number of rotatable bonds is 4. The van der Waals surface area contributed by atoms with Crippen LogP contribution in [0.15, 0.2) is 18.3 Å². The van der Waals surface area contributed by atoms with Crippen molar-refractivity contribution in [1.29, 1.82) is 0 Å². The number of anilines is 2. The molecule has 1 saturated heterocycles. The summed E-state index contributed by atoms with van der Waals surface area (Å²) in [5, 5.41) is 3.86. The molecule has 0 spiro atoms. The molecule has 3 aromatic rings. The van der Waals surface area contributed by atoms with E-state index >= 15 is 4.39 Å². The van der Waals surface area contributed by atoms with Crippen molar-refractivity contribution in [1.82, 2.24) is 24.4 Å². The molecule has 9 heteroatoms. The van der Waals surface area contributed by atoms with Gasteiger partial charge in [-0.05, 0) is 45.2 Å². The summed E-state index contributed by atoms with van der Waals surface area (Å²) in [4.78, 5) is 18.1. The number of hydrogen-bond donors (Lipinski definition) is 1. The largest absolute Gasteiger partial charge is 0.351 e. The smallest absolute Gasteiger partial charge is 0.223 e. The number of hydrogen-bond acceptors (Lipinski definition) is 6. The maximum Gasteiger partial charge on any atom is 0.223 e. The normalized spacial score (nSPS) is 17.9. The highest BCUT2D eigenvalue weighted by atomic mass is 35.5. The van der Waals surface area contributed by atoms with Crippen LogP contribution in [0, 0.1) is 5.82 Å². The van der Waals surface area contributed by atoms with Crippen LogP contribution in [-0.4, -0.2) is 63.2 Å². The molecule has 170 valence electrons. The van der Waals surface area contributed by atoms with Crippen molar-refractivity contribution in [2.24, 2.45) is 0 Å². The lowest BCUT2D eigenvalue weighted by molar-refractivity contribution is 0.177. The first-order valence-corrected chi connectivity index (χ1v) is 11.7. The molecule has 0 amide bonds. The molecule has 0 radical (unpaired) electrons. The zero-order valence-corrected chi connectivity index (χ0v) is 19.5. The fourth-order valence-corrected chi connectivity index (χ4v) is 4.97. The van der Waals surface area contributed by atoms with Crippen molar-refractivity contribution >= 4 is 34.5 Å². The van der Waals surface area contributed by atoms with E-state index in [1.807, 2.05) is 13.1 Å². The molecule has 32 heavy (non-hydrogen) atoms. The van der Waals surface area contributed by atoms with Crippen LogP contribution in [0.3, 0.4) is 0 Å². The fourth-order valence-electron chi connectivity index (χ4n) is 4.77. The molecule has 4 heterocycles. The molecular formula is C23H29ClFN7. The highest BCUT2D eigenvalue weighted by Gasteiger charge is 2.24. The maximum absolute atomic E-state index is 15.1. The van der Waals surface area contributed by atoms with Crippen LogP contribution in [0.2, 0.25) is 5.02 Å². The number of likely N-dealkylation sites (tertiary alicyclic amines) is 1. The molecule has 0 atom stereocenters. The van der Waals surface area contributed by atoms with Crippen LogP contribution < -0.4 is 10.2 Å². The van der Waals surface area contributed by atoms with E-state index in [1.54, 1.807) is 6.20 Å². The lowest BCUT2D eigenvalue weighted by Crippen LogP contribution is -2.42. The van der Waals surface area contributed by atoms with Crippen molar-refractivity contribution in [2.75, 3.05) is 36.9 Å². The third kappa shape index (κ3) is 3.90. The first kappa shape index (κ1) is 21.4. The fraction of sp³-hybridized carbons (Fsp3) is 0.522. The second-order valence-electron chi connectivity index (χ2n) is 9.10. The minimum absolute atomic E-state index is 0.315. The van der Waals surface area contributed by atoms with E-state index in [4.69, 9.17) is 11.6 Å². The van der Waals surface area contributed by atoms with Gasteiger partial charge < -0.3 is 19.7 Å². The monoisotopic (exact) mass is 457 g/mol. The quantitative estimate of drug-likeness (QED) is 0.626. The Labute approximate surface area is 192 Å². The summed E-state index contributed by atoms with van der Waals surface area (Å²) >= 11 is 6.46. The molecule has 0 bridgehead atoms. The topological polar surface area (TPSA) is 62.1 Å². The Balaban J connectivity index is 1.45. The lowest BCUT2D eigenvalue weighted by Gasteiger charge is -2.34. The van der Waals surface area contributed by atoms with Gasteiger partial charge >= 0.3 is 0 Å². The van der Waals surface area contributed by atoms with E-state index in [0.717, 1.165) is 56.9 Å². The number of nitrogens with one attached hydrogen (secondary N) is 1. The van der Waals surface area contributed by atoms with Crippen LogP contribution in [0.4, 0.5) is 16.3 Å². The average molecular weight is 458 g/mol. The molecule has 2 aliphatic rings. The zero-order valence-electron chi connectivity index (χ0n) is 18.8. The number of aromatic nitrogens is 4. The number of imidazole rings is 1. The van der Waals surface area contributed by atoms with Gasteiger partial charge in [-0.15, -0.1) is 0 Å². The second-order valence-corrected chi connectivity index (χ2v) is 9.51. The summed E-state index contributed by atoms with van der Waals surface area (Å²) in [6.45, 7) is 8.30. The van der Waals surface area contributed by atoms with Crippen LogP contribution in [-0.2, 0) is 6.54 Å². The number of fused-ring (bicyclic) bond motifs is 3. The summed E-state index contributed by atoms with van der Waals surface area (Å²) in [6.07, 6.45) is 4.67. The molecule has 2 aliphatic heterocycles. The summed E-state index contributed by atoms with van der Waals surface area (Å²) in [5.41, 5.74) is 2.32. The van der Waals surface area contributed by atoms with Crippen LogP contribution >= 0.6 is 11.6 Å². The molecule has 1 aromatic carbocycles. The van der Waals surface area contributed by atoms with Gasteiger partial charge in [0.1, 0.15) is 5.52 Å². The Morgan fingerprint density at radius 1 is 1.12 bits per heavy atom. The number of piperidine rings is 1. The number of halogens is 2. The molecule has 5 rings (SSSR count). The van der Waals surface area contributed by atoms with E-state index < -0.39 is 0 Å². The summed E-state index contributed by atoms with van der Waals surface area (Å²) in [7, 11) is 1.99. The molecule has 0 unspecified atom stereocenters. The number of benzene rings is 1. The molecule has 1 fully saturated rings. The minimum Gasteiger partial charge on any atom is -0.351 e. The van der Waals surface area contributed by atoms with Gasteiger partial charge in [-0.1, -0.05) is 11.6 Å². The van der Waals surface area contributed by atoms with Crippen LogP contribution in [0.25, 0.3) is 22.3 Å². The highest BCUT2D eigenvalue weighted by molar-refractivity contribution is 6.33. The van der Waals surface area contributed by atoms with Gasteiger partial charge in [0.15, 0.2) is 5.82 Å². The third-order valence-corrected chi connectivity index (χ3v) is 6.89. The molecule has 7 nitrogen and oxygen atoms in total. The zero-order chi connectivity index (χ0) is 22.4. The van der Waals surface area contributed by atoms with Gasteiger partial charge in [-0.25, -0.2) is 19.3 Å². The van der Waals surface area contributed by atoms with Crippen molar-refractivity contribution < 1.29 is 4.39 Å². The van der Waals surface area contributed by atoms with Crippen LogP contribution in [0.1, 0.15) is 33.1 Å². The maximum atomic E-state index is 15.1. The Bertz CT molecular complexity index is 1140. The number of nitrogens with zero attached hydrogens (tertiary/aromatic N) is 6. The van der Waals surface area contributed by atoms with E-state index in [9.17, 15) is 0 Å². The Morgan fingerprint density at radius 3 is 2.66 bits per heavy atom. The van der Waals surface area contributed by atoms with Crippen molar-refractivity contribution in [3.8, 4) is 11.3 Å². The second kappa shape index (κ2) is 8.48. The minimum atomic E-state index is -0.363. The average Bonchev–Trinajstić information content (AvgIpc) is 3.16. The van der Waals surface area contributed by atoms with E-state index in [2.05, 4.69) is 48.5 Å². The first-order valence-electron chi connectivity index (χ1n) is 11.3. The first-order chi connectivity index (χ1) is 15.4. The van der Waals surface area contributed by atoms with E-state index in [-0.39, 0.29) is 5.82 Å². The van der Waals surface area contributed by atoms with Crippen molar-refractivity contribution in [3.63, 3.8) is 0 Å². The van der Waals surface area contributed by atoms with E-state index in [0.29, 0.717) is 39.8 Å². The lowest BCUT2D eigenvalue weighted by atomic mass is 10.0. The van der Waals surface area contributed by atoms with Crippen LogP contribution in [0.5, 0.6) is 0 Å². The number of aryl methyl sites for hydroxylation is 1. The van der Waals surface area contributed by atoms with Crippen molar-refractivity contribution in [2.45, 2.75) is 51.7 Å². The van der Waals surface area contributed by atoms with E-state index in [1.165, 1.54) is 6.07 Å². The predicted octanol–water partition coefficient (Wildman–Crippen LogP) is 4.41. The van der Waals surface area contributed by atoms with Crippen molar-refractivity contribution in [3.05, 3.63) is 29.2 Å². The van der Waals surface area contributed by atoms with Gasteiger partial charge in [-0.3, -0.25) is 0 Å². The summed E-state index contributed by atoms with van der Waals surface area (Å²) in [5.74, 6) is 0.965. The van der Waals surface area contributed by atoms with Gasteiger partial charge in [0, 0.05) is 50.9 Å². The Kier molecular flexibility index (Phi) is 5.67. The predicted molar refractivity (Wildman–Crippen MR) is 127 cm³/mol. The molecular weight excluding hydrogens is 429 g/mol. The Morgan fingerprint density at radius 2 is 1.91 bits per heavy atom. The SMILES string of the molecule is CC(C)N1CCC(Nc2ncc(Cl)c(-c3cc(F)c4nc5n(c4c3)CCCN5C)n2)CC1. The molecule has 0 saturated carbocycles. The molecule has 2 aromatic heterocycles. The van der Waals surface area contributed by atoms with Gasteiger partial charge in [0.05, 0.1) is 22.4 Å². The Hall–Kier alpha value is -2.45. The van der Waals surface area contributed by atoms with Gasteiger partial charge in [0.2, 0.25) is 11.9 Å². The molecule has 1 N–H and O–H groups in total.